The molecule has 0 amide bonds. The number of aromatic nitrogens is 2. The van der Waals surface area contributed by atoms with Gasteiger partial charge in [0, 0.05) is 11.6 Å². The molecule has 0 aliphatic rings. The normalized spacial score (nSPS) is 10.5. The molecule has 0 fully saturated rings. The van der Waals surface area contributed by atoms with Crippen LogP contribution in [0.25, 0.3) is 0 Å². The van der Waals surface area contributed by atoms with Crippen molar-refractivity contribution < 1.29 is 9.53 Å². The molecule has 0 saturated carbocycles. The Morgan fingerprint density at radius 3 is 2.95 bits per heavy atom. The molecule has 2 rings (SSSR count). The number of halogens is 1. The van der Waals surface area contributed by atoms with Crippen LogP contribution in [-0.2, 0) is 13.2 Å². The second-order valence-electron chi connectivity index (χ2n) is 4.16. The lowest BCUT2D eigenvalue weighted by Gasteiger charge is -2.11. The third kappa shape index (κ3) is 3.15. The molecular formula is C14H15ClN2O2. The van der Waals surface area contributed by atoms with Crippen LogP contribution >= 0.6 is 11.6 Å². The van der Waals surface area contributed by atoms with Crippen molar-refractivity contribution in [2.24, 2.45) is 0 Å². The number of carbonyl (C=O) groups excluding carboxylic acids is 1. The Morgan fingerprint density at radius 1 is 1.47 bits per heavy atom. The van der Waals surface area contributed by atoms with E-state index >= 15 is 0 Å². The fourth-order valence-electron chi connectivity index (χ4n) is 1.81. The fraction of sp³-hybridized carbons (Fsp3) is 0.286. The van der Waals surface area contributed by atoms with Gasteiger partial charge in [0.25, 0.3) is 0 Å². The molecule has 4 nitrogen and oxygen atoms in total. The zero-order valence-electron chi connectivity index (χ0n) is 10.9. The summed E-state index contributed by atoms with van der Waals surface area (Å²) in [6.45, 7) is 4.73. The molecule has 0 aliphatic carbocycles. The molecule has 1 aromatic heterocycles. The maximum atomic E-state index is 11.5. The number of rotatable bonds is 5. The Labute approximate surface area is 117 Å². The number of imidazole rings is 1. The molecular weight excluding hydrogens is 264 g/mol. The Morgan fingerprint density at radius 2 is 2.26 bits per heavy atom. The van der Waals surface area contributed by atoms with Crippen LogP contribution in [-0.4, -0.2) is 15.3 Å². The lowest BCUT2D eigenvalue weighted by atomic mass is 10.1. The molecule has 0 saturated heterocycles. The highest BCUT2D eigenvalue weighted by molar-refractivity contribution is 6.31. The van der Waals surface area contributed by atoms with Gasteiger partial charge in [0.1, 0.15) is 12.4 Å². The molecule has 2 aromatic rings. The molecule has 0 N–H and O–H groups in total. The summed E-state index contributed by atoms with van der Waals surface area (Å²) in [5, 5.41) is 0.524. The Balaban J connectivity index is 2.18. The van der Waals surface area contributed by atoms with Crippen LogP contribution < -0.4 is 4.74 Å². The van der Waals surface area contributed by atoms with Crippen molar-refractivity contribution in [2.45, 2.75) is 27.0 Å². The van der Waals surface area contributed by atoms with E-state index in [9.17, 15) is 4.79 Å². The predicted octanol–water partition coefficient (Wildman–Crippen LogP) is 3.34. The summed E-state index contributed by atoms with van der Waals surface area (Å²) in [6, 6.07) is 5.04. The van der Waals surface area contributed by atoms with E-state index in [1.807, 2.05) is 11.5 Å². The van der Waals surface area contributed by atoms with E-state index in [1.54, 1.807) is 30.7 Å². The predicted molar refractivity (Wildman–Crippen MR) is 73.7 cm³/mol. The van der Waals surface area contributed by atoms with Gasteiger partial charge in [0.2, 0.25) is 0 Å². The van der Waals surface area contributed by atoms with Gasteiger partial charge in [-0.3, -0.25) is 4.79 Å². The molecule has 0 bridgehead atoms. The van der Waals surface area contributed by atoms with E-state index in [4.69, 9.17) is 16.3 Å². The second kappa shape index (κ2) is 5.89. The van der Waals surface area contributed by atoms with Gasteiger partial charge in [0.05, 0.1) is 23.8 Å². The summed E-state index contributed by atoms with van der Waals surface area (Å²) in [6.07, 6.45) is 3.51. The van der Waals surface area contributed by atoms with Gasteiger partial charge in [-0.05, 0) is 32.0 Å². The number of nitrogens with zero attached hydrogens (tertiary/aromatic N) is 2. The zero-order valence-corrected chi connectivity index (χ0v) is 11.6. The van der Waals surface area contributed by atoms with Gasteiger partial charge in [-0.2, -0.15) is 0 Å². The van der Waals surface area contributed by atoms with Crippen molar-refractivity contribution in [3.63, 3.8) is 0 Å². The lowest BCUT2D eigenvalue weighted by molar-refractivity contribution is 0.101. The third-order valence-electron chi connectivity index (χ3n) is 2.84. The van der Waals surface area contributed by atoms with Crippen LogP contribution in [0.4, 0.5) is 0 Å². The average Bonchev–Trinajstić information content (AvgIpc) is 2.84. The molecule has 19 heavy (non-hydrogen) atoms. The first-order valence-electron chi connectivity index (χ1n) is 6.04. The van der Waals surface area contributed by atoms with Gasteiger partial charge in [-0.25, -0.2) is 4.98 Å². The van der Waals surface area contributed by atoms with E-state index in [0.717, 1.165) is 12.2 Å². The summed E-state index contributed by atoms with van der Waals surface area (Å²) in [7, 11) is 0. The van der Waals surface area contributed by atoms with Crippen LogP contribution in [0, 0.1) is 0 Å². The quantitative estimate of drug-likeness (QED) is 0.788. The number of benzene rings is 1. The van der Waals surface area contributed by atoms with Crippen molar-refractivity contribution in [2.75, 3.05) is 0 Å². The van der Waals surface area contributed by atoms with E-state index < -0.39 is 0 Å². The molecule has 100 valence electrons. The molecule has 0 spiro atoms. The van der Waals surface area contributed by atoms with Crippen molar-refractivity contribution >= 4 is 17.4 Å². The van der Waals surface area contributed by atoms with Crippen LogP contribution in [0.2, 0.25) is 5.02 Å². The summed E-state index contributed by atoms with van der Waals surface area (Å²) in [4.78, 5) is 15.6. The number of aryl methyl sites for hydroxylation is 1. The lowest BCUT2D eigenvalue weighted by Crippen LogP contribution is -2.06. The SMILES string of the molecule is CCn1cncc1COc1ccc(Cl)cc1C(C)=O. The molecule has 0 unspecified atom stereocenters. The minimum absolute atomic E-state index is 0.0681. The fourth-order valence-corrected chi connectivity index (χ4v) is 1.98. The van der Waals surface area contributed by atoms with Crippen molar-refractivity contribution in [1.82, 2.24) is 9.55 Å². The molecule has 0 radical (unpaired) electrons. The number of Topliss-reactive ketones (excluding diaryl/α,β-unsaturated/α-hetero) is 1. The number of hydrogen-bond donors (Lipinski definition) is 0. The standard InChI is InChI=1S/C14H15ClN2O2/c1-3-17-9-16-7-12(17)8-19-14-5-4-11(15)6-13(14)10(2)18/h4-7,9H,3,8H2,1-2H3. The highest BCUT2D eigenvalue weighted by atomic mass is 35.5. The largest absolute Gasteiger partial charge is 0.487 e. The Kier molecular flexibility index (Phi) is 4.22. The van der Waals surface area contributed by atoms with Crippen LogP contribution in [0.1, 0.15) is 29.9 Å². The highest BCUT2D eigenvalue weighted by Crippen LogP contribution is 2.24. The first-order chi connectivity index (χ1) is 9.11. The molecule has 5 heteroatoms. The topological polar surface area (TPSA) is 44.1 Å². The van der Waals surface area contributed by atoms with Crippen LogP contribution in [0.15, 0.2) is 30.7 Å². The number of hydrogen-bond acceptors (Lipinski definition) is 3. The van der Waals surface area contributed by atoms with Gasteiger partial charge in [-0.1, -0.05) is 11.6 Å². The van der Waals surface area contributed by atoms with Gasteiger partial charge in [-0.15, -0.1) is 0 Å². The van der Waals surface area contributed by atoms with Gasteiger partial charge >= 0.3 is 0 Å². The maximum absolute atomic E-state index is 11.5. The monoisotopic (exact) mass is 278 g/mol. The second-order valence-corrected chi connectivity index (χ2v) is 4.59. The molecule has 0 atom stereocenters. The summed E-state index contributed by atoms with van der Waals surface area (Å²) >= 11 is 5.89. The van der Waals surface area contributed by atoms with Crippen molar-refractivity contribution in [3.05, 3.63) is 47.0 Å². The highest BCUT2D eigenvalue weighted by Gasteiger charge is 2.10. The number of carbonyl (C=O) groups is 1. The Hall–Kier alpha value is -1.81. The maximum Gasteiger partial charge on any atom is 0.163 e. The summed E-state index contributed by atoms with van der Waals surface area (Å²) in [5.41, 5.74) is 1.46. The zero-order chi connectivity index (χ0) is 13.8. The van der Waals surface area contributed by atoms with Crippen molar-refractivity contribution in [3.8, 4) is 5.75 Å². The van der Waals surface area contributed by atoms with Crippen LogP contribution in [0.5, 0.6) is 5.75 Å². The minimum Gasteiger partial charge on any atom is -0.487 e. The van der Waals surface area contributed by atoms with Crippen molar-refractivity contribution in [1.29, 1.82) is 0 Å². The van der Waals surface area contributed by atoms with E-state index in [1.165, 1.54) is 6.92 Å². The van der Waals surface area contributed by atoms with E-state index in [-0.39, 0.29) is 5.78 Å². The Bertz CT molecular complexity index is 593. The first-order valence-corrected chi connectivity index (χ1v) is 6.42. The molecule has 1 aromatic carbocycles. The number of ether oxygens (including phenoxy) is 1. The van der Waals surface area contributed by atoms with E-state index in [2.05, 4.69) is 4.98 Å². The van der Waals surface area contributed by atoms with Gasteiger partial charge in [0.15, 0.2) is 5.78 Å². The minimum atomic E-state index is -0.0681. The summed E-state index contributed by atoms with van der Waals surface area (Å²) < 4.78 is 7.69. The molecule has 0 aliphatic heterocycles. The number of ketones is 1. The van der Waals surface area contributed by atoms with Crippen LogP contribution in [0.3, 0.4) is 0 Å². The van der Waals surface area contributed by atoms with Gasteiger partial charge < -0.3 is 9.30 Å². The first kappa shape index (κ1) is 13.6. The van der Waals surface area contributed by atoms with E-state index in [0.29, 0.717) is 22.9 Å². The summed E-state index contributed by atoms with van der Waals surface area (Å²) in [5.74, 6) is 0.474. The average molecular weight is 279 g/mol. The third-order valence-corrected chi connectivity index (χ3v) is 3.07. The smallest absolute Gasteiger partial charge is 0.163 e. The molecule has 1 heterocycles.